The third-order valence-electron chi connectivity index (χ3n) is 1.86. The third-order valence-corrected chi connectivity index (χ3v) is 3.72. The third kappa shape index (κ3) is 1.44. The number of rotatable bonds is 1. The van der Waals surface area contributed by atoms with Crippen LogP contribution < -0.4 is 5.73 Å². The molecule has 1 aromatic carbocycles. The van der Waals surface area contributed by atoms with Crippen LogP contribution in [0.4, 0.5) is 5.69 Å². The van der Waals surface area contributed by atoms with Crippen molar-refractivity contribution in [2.45, 2.75) is 0 Å². The Kier molecular flexibility index (Phi) is 2.25. The molecule has 0 bridgehead atoms. The summed E-state index contributed by atoms with van der Waals surface area (Å²) in [6.45, 7) is 0. The van der Waals surface area contributed by atoms with Crippen molar-refractivity contribution in [1.29, 1.82) is 0 Å². The molecule has 2 aromatic rings. The van der Waals surface area contributed by atoms with E-state index in [9.17, 15) is 4.79 Å². The summed E-state index contributed by atoms with van der Waals surface area (Å²) >= 11 is 3.90. The van der Waals surface area contributed by atoms with Crippen molar-refractivity contribution in [3.8, 4) is 0 Å². The van der Waals surface area contributed by atoms with Crippen LogP contribution in [-0.2, 0) is 0 Å². The molecule has 0 fully saturated rings. The van der Waals surface area contributed by atoms with Gasteiger partial charge in [-0.15, -0.1) is 11.3 Å². The molecule has 2 nitrogen and oxygen atoms in total. The Balaban J connectivity index is 2.90. The number of aldehydes is 1. The molecule has 0 amide bonds. The fourth-order valence-electron chi connectivity index (χ4n) is 1.25. The average Bonchev–Trinajstić information content (AvgIpc) is 2.45. The number of halogens is 1. The largest absolute Gasteiger partial charge is 0.398 e. The molecule has 2 N–H and O–H groups in total. The van der Waals surface area contributed by atoms with Crippen LogP contribution in [0.15, 0.2) is 18.2 Å². The van der Waals surface area contributed by atoms with Crippen LogP contribution in [0.25, 0.3) is 10.1 Å². The monoisotopic (exact) mass is 303 g/mol. The molecule has 0 aliphatic heterocycles. The molecule has 0 atom stereocenters. The second-order valence-electron chi connectivity index (χ2n) is 2.65. The second-order valence-corrected chi connectivity index (χ2v) is 5.63. The van der Waals surface area contributed by atoms with E-state index in [1.165, 1.54) is 2.88 Å². The van der Waals surface area contributed by atoms with Gasteiger partial charge in [0.25, 0.3) is 0 Å². The molecule has 0 aliphatic carbocycles. The molecule has 0 radical (unpaired) electrons. The number of anilines is 1. The number of hydrogen-bond donors (Lipinski definition) is 1. The van der Waals surface area contributed by atoms with Gasteiger partial charge >= 0.3 is 0 Å². The van der Waals surface area contributed by atoms with Gasteiger partial charge in [0.2, 0.25) is 0 Å². The highest BCUT2D eigenvalue weighted by atomic mass is 127. The maximum atomic E-state index is 10.8. The van der Waals surface area contributed by atoms with Gasteiger partial charge in [-0.05, 0) is 40.8 Å². The van der Waals surface area contributed by atoms with Crippen molar-refractivity contribution in [2.75, 3.05) is 5.73 Å². The van der Waals surface area contributed by atoms with Crippen LogP contribution in [0.5, 0.6) is 0 Å². The van der Waals surface area contributed by atoms with Gasteiger partial charge in [0.05, 0.1) is 2.88 Å². The Morgan fingerprint density at radius 3 is 2.92 bits per heavy atom. The molecule has 0 saturated carbocycles. The van der Waals surface area contributed by atoms with Crippen molar-refractivity contribution in [3.63, 3.8) is 0 Å². The number of hydrogen-bond acceptors (Lipinski definition) is 3. The highest BCUT2D eigenvalue weighted by molar-refractivity contribution is 14.1. The lowest BCUT2D eigenvalue weighted by atomic mass is 10.1. The highest BCUT2D eigenvalue weighted by Gasteiger charge is 2.06. The molecular weight excluding hydrogens is 297 g/mol. The lowest BCUT2D eigenvalue weighted by molar-refractivity contribution is 0.112. The first-order chi connectivity index (χ1) is 6.22. The predicted octanol–water partition coefficient (Wildman–Crippen LogP) is 2.90. The Bertz CT molecular complexity index is 478. The van der Waals surface area contributed by atoms with Crippen molar-refractivity contribution < 1.29 is 4.79 Å². The molecule has 13 heavy (non-hydrogen) atoms. The molecule has 0 unspecified atom stereocenters. The van der Waals surface area contributed by atoms with E-state index < -0.39 is 0 Å². The van der Waals surface area contributed by atoms with Gasteiger partial charge in [-0.2, -0.15) is 0 Å². The van der Waals surface area contributed by atoms with Crippen molar-refractivity contribution in [1.82, 2.24) is 0 Å². The van der Waals surface area contributed by atoms with E-state index in [1.54, 1.807) is 17.4 Å². The lowest BCUT2D eigenvalue weighted by Gasteiger charge is -1.98. The molecule has 1 heterocycles. The van der Waals surface area contributed by atoms with E-state index in [2.05, 4.69) is 22.6 Å². The van der Waals surface area contributed by atoms with E-state index in [0.29, 0.717) is 11.3 Å². The average molecular weight is 303 g/mol. The summed E-state index contributed by atoms with van der Waals surface area (Å²) < 4.78 is 2.28. The summed E-state index contributed by atoms with van der Waals surface area (Å²) in [4.78, 5) is 10.8. The smallest absolute Gasteiger partial charge is 0.152 e. The van der Waals surface area contributed by atoms with Crippen LogP contribution in [0.3, 0.4) is 0 Å². The Morgan fingerprint density at radius 2 is 2.23 bits per heavy atom. The van der Waals surface area contributed by atoms with E-state index in [0.717, 1.165) is 16.4 Å². The fourth-order valence-corrected chi connectivity index (χ4v) is 3.08. The molecule has 2 rings (SSSR count). The minimum Gasteiger partial charge on any atom is -0.398 e. The van der Waals surface area contributed by atoms with Crippen molar-refractivity contribution in [3.05, 3.63) is 26.6 Å². The van der Waals surface area contributed by atoms with E-state index in [4.69, 9.17) is 5.73 Å². The van der Waals surface area contributed by atoms with Gasteiger partial charge in [0, 0.05) is 21.3 Å². The van der Waals surface area contributed by atoms with Crippen LogP contribution in [0, 0.1) is 2.88 Å². The van der Waals surface area contributed by atoms with Crippen LogP contribution in [0.2, 0.25) is 0 Å². The minimum absolute atomic E-state index is 0.553. The number of benzene rings is 1. The number of thiophene rings is 1. The molecule has 0 saturated heterocycles. The summed E-state index contributed by atoms with van der Waals surface area (Å²) in [5.74, 6) is 0. The van der Waals surface area contributed by atoms with Crippen molar-refractivity contribution >= 4 is 56.0 Å². The molecule has 0 spiro atoms. The highest BCUT2D eigenvalue weighted by Crippen LogP contribution is 2.31. The number of nitrogens with two attached hydrogens (primary N) is 1. The van der Waals surface area contributed by atoms with Gasteiger partial charge in [0.1, 0.15) is 0 Å². The number of nitrogen functional groups attached to an aromatic ring is 1. The van der Waals surface area contributed by atoms with Crippen LogP contribution in [0.1, 0.15) is 10.4 Å². The van der Waals surface area contributed by atoms with Gasteiger partial charge in [-0.25, -0.2) is 0 Å². The normalized spacial score (nSPS) is 10.5. The zero-order valence-electron chi connectivity index (χ0n) is 6.58. The molecule has 1 aromatic heterocycles. The van der Waals surface area contributed by atoms with Gasteiger partial charge in [-0.1, -0.05) is 0 Å². The number of carbonyl (C=O) groups is 1. The Labute approximate surface area is 92.9 Å². The fraction of sp³-hybridized carbons (Fsp3) is 0. The summed E-state index contributed by atoms with van der Waals surface area (Å²) in [6, 6.07) is 5.71. The molecule has 0 aliphatic rings. The zero-order valence-corrected chi connectivity index (χ0v) is 9.56. The summed E-state index contributed by atoms with van der Waals surface area (Å²) in [7, 11) is 0. The van der Waals surface area contributed by atoms with Crippen molar-refractivity contribution in [2.24, 2.45) is 0 Å². The SMILES string of the molecule is Nc1ccc2sc(I)cc2c1C=O. The standard InChI is InChI=1S/C9H6INOS/c10-9-3-5-6(4-12)7(11)1-2-8(5)13-9/h1-4H,11H2. The quantitative estimate of drug-likeness (QED) is 0.500. The predicted molar refractivity (Wildman–Crippen MR) is 64.3 cm³/mol. The van der Waals surface area contributed by atoms with Gasteiger partial charge < -0.3 is 5.73 Å². The Morgan fingerprint density at radius 1 is 1.46 bits per heavy atom. The van der Waals surface area contributed by atoms with Gasteiger partial charge in [0.15, 0.2) is 6.29 Å². The first-order valence-corrected chi connectivity index (χ1v) is 5.54. The van der Waals surface area contributed by atoms with E-state index in [-0.39, 0.29) is 0 Å². The molecule has 66 valence electrons. The van der Waals surface area contributed by atoms with E-state index in [1.807, 2.05) is 12.1 Å². The summed E-state index contributed by atoms with van der Waals surface area (Å²) in [5.41, 5.74) is 6.84. The van der Waals surface area contributed by atoms with Gasteiger partial charge in [-0.3, -0.25) is 4.79 Å². The first kappa shape index (κ1) is 8.96. The lowest BCUT2D eigenvalue weighted by Crippen LogP contribution is -1.91. The van der Waals surface area contributed by atoms with E-state index >= 15 is 0 Å². The molecule has 4 heteroatoms. The second kappa shape index (κ2) is 3.26. The summed E-state index contributed by atoms with van der Waals surface area (Å²) in [5, 5.41) is 0.962. The maximum absolute atomic E-state index is 10.8. The minimum atomic E-state index is 0.553. The molecular formula is C9H6INOS. The first-order valence-electron chi connectivity index (χ1n) is 3.65. The number of carbonyl (C=O) groups excluding carboxylic acids is 1. The Hall–Kier alpha value is -0.620. The maximum Gasteiger partial charge on any atom is 0.152 e. The number of fused-ring (bicyclic) bond motifs is 1. The van der Waals surface area contributed by atoms with Crippen LogP contribution >= 0.6 is 33.9 Å². The zero-order chi connectivity index (χ0) is 9.42. The summed E-state index contributed by atoms with van der Waals surface area (Å²) in [6.07, 6.45) is 0.820. The van der Waals surface area contributed by atoms with Crippen LogP contribution in [-0.4, -0.2) is 6.29 Å². The topological polar surface area (TPSA) is 43.1 Å².